The summed E-state index contributed by atoms with van der Waals surface area (Å²) in [6.45, 7) is 7.46. The molecule has 1 amide bonds. The van der Waals surface area contributed by atoms with E-state index in [1.54, 1.807) is 19.1 Å². The number of carbonyl (C=O) groups excluding carboxylic acids is 2. The largest absolute Gasteiger partial charge is 0.465 e. The zero-order valence-electron chi connectivity index (χ0n) is 16.7. The molecule has 0 aromatic heterocycles. The molecule has 0 saturated heterocycles. The number of nitrogens with zero attached hydrogens (tertiary/aromatic N) is 1. The number of ether oxygens (including phenoxy) is 1. The molecule has 2 aromatic rings. The number of aryl methyl sites for hydroxylation is 1. The predicted octanol–water partition coefficient (Wildman–Crippen LogP) is 2.57. The van der Waals surface area contributed by atoms with E-state index in [0.29, 0.717) is 11.3 Å². The maximum absolute atomic E-state index is 13.6. The number of anilines is 1. The number of hydrogen-bond acceptors (Lipinski definition) is 5. The van der Waals surface area contributed by atoms with Crippen molar-refractivity contribution in [2.24, 2.45) is 5.73 Å². The summed E-state index contributed by atoms with van der Waals surface area (Å²) in [6, 6.07) is 14.7. The molecule has 2 atom stereocenters. The van der Waals surface area contributed by atoms with Crippen LogP contribution in [-0.4, -0.2) is 29.1 Å². The molecule has 6 nitrogen and oxygen atoms in total. The van der Waals surface area contributed by atoms with Crippen LogP contribution in [0.2, 0.25) is 0 Å². The van der Waals surface area contributed by atoms with Crippen LogP contribution < -0.4 is 10.6 Å². The number of esters is 1. The normalized spacial score (nSPS) is 20.1. The maximum atomic E-state index is 13.6. The molecule has 0 radical (unpaired) electrons. The molecule has 0 unspecified atom stereocenters. The second-order valence-corrected chi connectivity index (χ2v) is 7.29. The Labute approximate surface area is 170 Å². The molecule has 0 fully saturated rings. The van der Waals surface area contributed by atoms with Gasteiger partial charge in [-0.15, -0.1) is 6.58 Å². The monoisotopic (exact) mass is 394 g/mol. The van der Waals surface area contributed by atoms with Crippen LogP contribution in [0.25, 0.3) is 0 Å². The molecule has 1 heterocycles. The fourth-order valence-electron chi connectivity index (χ4n) is 3.82. The molecule has 3 rings (SSSR count). The van der Waals surface area contributed by atoms with Gasteiger partial charge in [-0.2, -0.15) is 0 Å². The summed E-state index contributed by atoms with van der Waals surface area (Å²) in [5.74, 6) is -1.50. The van der Waals surface area contributed by atoms with E-state index < -0.39 is 23.0 Å². The topological polar surface area (TPSA) is 92.9 Å². The summed E-state index contributed by atoms with van der Waals surface area (Å²) in [4.78, 5) is 27.9. The Balaban J connectivity index is 2.18. The van der Waals surface area contributed by atoms with E-state index in [1.807, 2.05) is 43.3 Å². The van der Waals surface area contributed by atoms with Gasteiger partial charge >= 0.3 is 5.97 Å². The number of rotatable bonds is 7. The zero-order chi connectivity index (χ0) is 21.2. The maximum Gasteiger partial charge on any atom is 0.330 e. The van der Waals surface area contributed by atoms with Gasteiger partial charge in [0.2, 0.25) is 0 Å². The third-order valence-corrected chi connectivity index (χ3v) is 5.32. The highest BCUT2D eigenvalue weighted by Crippen LogP contribution is 2.48. The highest BCUT2D eigenvalue weighted by Gasteiger charge is 2.65. The van der Waals surface area contributed by atoms with Crippen LogP contribution in [0.15, 0.2) is 61.2 Å². The van der Waals surface area contributed by atoms with E-state index >= 15 is 0 Å². The van der Waals surface area contributed by atoms with Gasteiger partial charge in [0.05, 0.1) is 18.8 Å². The summed E-state index contributed by atoms with van der Waals surface area (Å²) in [5.41, 5.74) is 4.71. The number of hydrogen-bond donors (Lipinski definition) is 2. The lowest BCUT2D eigenvalue weighted by Crippen LogP contribution is -2.67. The number of amides is 1. The van der Waals surface area contributed by atoms with Crippen LogP contribution in [0.5, 0.6) is 0 Å². The Morgan fingerprint density at radius 2 is 2.00 bits per heavy atom. The van der Waals surface area contributed by atoms with Gasteiger partial charge < -0.3 is 20.5 Å². The molecule has 0 bridgehead atoms. The molecule has 0 saturated carbocycles. The first-order chi connectivity index (χ1) is 13.8. The first-order valence-corrected chi connectivity index (χ1v) is 9.56. The Morgan fingerprint density at radius 1 is 1.31 bits per heavy atom. The van der Waals surface area contributed by atoms with Crippen LogP contribution in [0.1, 0.15) is 30.0 Å². The Kier molecular flexibility index (Phi) is 5.59. The number of fused-ring (bicyclic) bond motifs is 1. The lowest BCUT2D eigenvalue weighted by molar-refractivity contribution is -0.168. The molecule has 1 aliphatic rings. The van der Waals surface area contributed by atoms with Crippen LogP contribution in [-0.2, 0) is 26.5 Å². The second kappa shape index (κ2) is 7.81. The third kappa shape index (κ3) is 3.24. The number of nitrogens with two attached hydrogens (primary N) is 1. The highest BCUT2D eigenvalue weighted by molar-refractivity contribution is 6.11. The van der Waals surface area contributed by atoms with Crippen LogP contribution in [0.3, 0.4) is 0 Å². The Bertz CT molecular complexity index is 943. The third-order valence-electron chi connectivity index (χ3n) is 5.32. The lowest BCUT2D eigenvalue weighted by Gasteiger charge is -2.38. The standard InChI is InChI=1S/C23H26N2O4/c1-4-13-22(24,21(27)29-5-2)23(28)18-14-16(3)11-12-19(18)25(20(23)26)15-17-9-7-6-8-10-17/h4,6-12,14,28H,1,5,13,15,24H2,2-3H3/t22-,23+/m0/s1. The number of carbonyl (C=O) groups is 2. The summed E-state index contributed by atoms with van der Waals surface area (Å²) >= 11 is 0. The van der Waals surface area contributed by atoms with E-state index in [9.17, 15) is 14.7 Å². The van der Waals surface area contributed by atoms with Crippen molar-refractivity contribution < 1.29 is 19.4 Å². The van der Waals surface area contributed by atoms with E-state index in [-0.39, 0.29) is 19.6 Å². The van der Waals surface area contributed by atoms with Gasteiger partial charge in [0.15, 0.2) is 11.1 Å². The average Bonchev–Trinajstić information content (AvgIpc) is 2.91. The average molecular weight is 394 g/mol. The van der Waals surface area contributed by atoms with Crippen molar-refractivity contribution >= 4 is 17.6 Å². The second-order valence-electron chi connectivity index (χ2n) is 7.29. The molecule has 29 heavy (non-hydrogen) atoms. The van der Waals surface area contributed by atoms with Gasteiger partial charge in [0, 0.05) is 5.56 Å². The zero-order valence-corrected chi connectivity index (χ0v) is 16.7. The molecular formula is C23H26N2O4. The molecule has 2 aromatic carbocycles. The van der Waals surface area contributed by atoms with Gasteiger partial charge in [0.25, 0.3) is 5.91 Å². The van der Waals surface area contributed by atoms with Crippen molar-refractivity contribution in [2.75, 3.05) is 11.5 Å². The smallest absolute Gasteiger partial charge is 0.330 e. The number of aliphatic hydroxyl groups is 1. The molecule has 1 aliphatic heterocycles. The first kappa shape index (κ1) is 20.8. The summed E-state index contributed by atoms with van der Waals surface area (Å²) in [5, 5.41) is 11.8. The molecule has 0 spiro atoms. The fourth-order valence-corrected chi connectivity index (χ4v) is 3.82. The molecular weight excluding hydrogens is 368 g/mol. The summed E-state index contributed by atoms with van der Waals surface area (Å²) in [7, 11) is 0. The van der Waals surface area contributed by atoms with E-state index in [4.69, 9.17) is 10.5 Å². The molecule has 6 heteroatoms. The van der Waals surface area contributed by atoms with Gasteiger partial charge in [-0.1, -0.05) is 54.1 Å². The van der Waals surface area contributed by atoms with Crippen LogP contribution in [0, 0.1) is 6.92 Å². The van der Waals surface area contributed by atoms with Gasteiger partial charge in [-0.3, -0.25) is 4.79 Å². The molecule has 3 N–H and O–H groups in total. The SMILES string of the molecule is C=CC[C@](N)(C(=O)OCC)[C@]1(O)C(=O)N(Cc2ccccc2)c2ccc(C)cc21. The summed E-state index contributed by atoms with van der Waals surface area (Å²) < 4.78 is 5.14. The van der Waals surface area contributed by atoms with E-state index in [1.165, 1.54) is 11.0 Å². The van der Waals surface area contributed by atoms with Crippen molar-refractivity contribution in [3.8, 4) is 0 Å². The van der Waals surface area contributed by atoms with Crippen molar-refractivity contribution in [1.82, 2.24) is 0 Å². The van der Waals surface area contributed by atoms with Gasteiger partial charge in [-0.05, 0) is 31.9 Å². The summed E-state index contributed by atoms with van der Waals surface area (Å²) in [6.07, 6.45) is 1.29. The van der Waals surface area contributed by atoms with Crippen molar-refractivity contribution in [1.29, 1.82) is 0 Å². The van der Waals surface area contributed by atoms with Crippen molar-refractivity contribution in [3.05, 3.63) is 77.9 Å². The minimum absolute atomic E-state index is 0.0770. The predicted molar refractivity (Wildman–Crippen MR) is 111 cm³/mol. The van der Waals surface area contributed by atoms with Crippen molar-refractivity contribution in [3.63, 3.8) is 0 Å². The molecule has 0 aliphatic carbocycles. The highest BCUT2D eigenvalue weighted by atomic mass is 16.5. The minimum atomic E-state index is -2.27. The lowest BCUT2D eigenvalue weighted by atomic mass is 9.73. The Morgan fingerprint density at radius 3 is 2.62 bits per heavy atom. The molecule has 152 valence electrons. The number of benzene rings is 2. The van der Waals surface area contributed by atoms with Crippen molar-refractivity contribution in [2.45, 2.75) is 38.0 Å². The van der Waals surface area contributed by atoms with Gasteiger partial charge in [0.1, 0.15) is 0 Å². The quantitative estimate of drug-likeness (QED) is 0.556. The Hall–Kier alpha value is -2.96. The van der Waals surface area contributed by atoms with Crippen LogP contribution in [0.4, 0.5) is 5.69 Å². The van der Waals surface area contributed by atoms with Gasteiger partial charge in [-0.25, -0.2) is 4.79 Å². The fraction of sp³-hybridized carbons (Fsp3) is 0.304. The minimum Gasteiger partial charge on any atom is -0.465 e. The van der Waals surface area contributed by atoms with Crippen LogP contribution >= 0.6 is 0 Å². The van der Waals surface area contributed by atoms with E-state index in [2.05, 4.69) is 6.58 Å². The first-order valence-electron chi connectivity index (χ1n) is 9.56. The van der Waals surface area contributed by atoms with E-state index in [0.717, 1.165) is 11.1 Å².